The maximum absolute atomic E-state index is 13.7. The van der Waals surface area contributed by atoms with Gasteiger partial charge in [0.05, 0.1) is 17.7 Å². The average molecular weight is 466 g/mol. The lowest BCUT2D eigenvalue weighted by Gasteiger charge is -2.40. The summed E-state index contributed by atoms with van der Waals surface area (Å²) in [4.78, 5) is 23.0. The first-order valence-corrected chi connectivity index (χ1v) is 12.7. The van der Waals surface area contributed by atoms with Crippen LogP contribution in [0.15, 0.2) is 60.0 Å². The standard InChI is InChI=1S/C26H28ClN3OS/c27-22-10-8-21(9-11-22)26(12-4-5-13-26)25(31)30-16-14-29(15-17-30)18-24-28-23(19-32-24)20-6-2-1-3-7-20/h1-3,6-11,19H,4-5,12-18H2. The van der Waals surface area contributed by atoms with E-state index in [2.05, 4.69) is 39.4 Å². The van der Waals surface area contributed by atoms with E-state index in [1.807, 2.05) is 30.3 Å². The molecule has 0 radical (unpaired) electrons. The van der Waals surface area contributed by atoms with Crippen LogP contribution in [0.3, 0.4) is 0 Å². The van der Waals surface area contributed by atoms with Crippen LogP contribution in [0.4, 0.5) is 0 Å². The predicted octanol–water partition coefficient (Wildman–Crippen LogP) is 5.62. The molecule has 0 bridgehead atoms. The number of carbonyl (C=O) groups excluding carboxylic acids is 1. The molecular formula is C26H28ClN3OS. The lowest BCUT2D eigenvalue weighted by atomic mass is 9.77. The van der Waals surface area contributed by atoms with Crippen molar-refractivity contribution < 1.29 is 4.79 Å². The first-order chi connectivity index (χ1) is 15.6. The normalized spacial score (nSPS) is 18.7. The topological polar surface area (TPSA) is 36.4 Å². The molecule has 1 aliphatic carbocycles. The van der Waals surface area contributed by atoms with Gasteiger partial charge in [0.25, 0.3) is 0 Å². The van der Waals surface area contributed by atoms with Gasteiger partial charge in [0.15, 0.2) is 0 Å². The molecule has 5 rings (SSSR count). The highest BCUT2D eigenvalue weighted by Crippen LogP contribution is 2.43. The van der Waals surface area contributed by atoms with Crippen LogP contribution in [0, 0.1) is 0 Å². The molecule has 1 saturated heterocycles. The smallest absolute Gasteiger partial charge is 0.233 e. The lowest BCUT2D eigenvalue weighted by molar-refractivity contribution is -0.139. The van der Waals surface area contributed by atoms with Gasteiger partial charge < -0.3 is 4.90 Å². The van der Waals surface area contributed by atoms with Gasteiger partial charge in [-0.3, -0.25) is 9.69 Å². The van der Waals surface area contributed by atoms with Crippen LogP contribution in [-0.2, 0) is 16.8 Å². The summed E-state index contributed by atoms with van der Waals surface area (Å²) in [5, 5.41) is 4.00. The summed E-state index contributed by atoms with van der Waals surface area (Å²) in [6.07, 6.45) is 4.11. The van der Waals surface area contributed by atoms with Crippen molar-refractivity contribution in [3.05, 3.63) is 75.6 Å². The van der Waals surface area contributed by atoms with Gasteiger partial charge in [-0.1, -0.05) is 66.9 Å². The summed E-state index contributed by atoms with van der Waals surface area (Å²) in [6, 6.07) is 18.3. The Hall–Kier alpha value is -2.21. The number of hydrogen-bond acceptors (Lipinski definition) is 4. The number of piperazine rings is 1. The van der Waals surface area contributed by atoms with Crippen molar-refractivity contribution in [2.45, 2.75) is 37.6 Å². The Morgan fingerprint density at radius 3 is 2.34 bits per heavy atom. The van der Waals surface area contributed by atoms with Gasteiger partial charge in [-0.15, -0.1) is 11.3 Å². The molecule has 3 aromatic rings. The van der Waals surface area contributed by atoms with Crippen LogP contribution in [-0.4, -0.2) is 46.9 Å². The van der Waals surface area contributed by atoms with Crippen molar-refractivity contribution in [1.82, 2.24) is 14.8 Å². The van der Waals surface area contributed by atoms with Gasteiger partial charge in [0, 0.05) is 42.1 Å². The van der Waals surface area contributed by atoms with E-state index in [1.54, 1.807) is 11.3 Å². The molecule has 0 atom stereocenters. The zero-order chi connectivity index (χ0) is 22.0. The molecule has 0 spiro atoms. The van der Waals surface area contributed by atoms with E-state index in [1.165, 1.54) is 0 Å². The van der Waals surface area contributed by atoms with Crippen molar-refractivity contribution >= 4 is 28.8 Å². The molecule has 32 heavy (non-hydrogen) atoms. The number of rotatable bonds is 5. The van der Waals surface area contributed by atoms with Crippen LogP contribution >= 0.6 is 22.9 Å². The lowest BCUT2D eigenvalue weighted by Crippen LogP contribution is -2.53. The second-order valence-corrected chi connectivity index (χ2v) is 10.2. The number of benzene rings is 2. The molecule has 0 unspecified atom stereocenters. The second-order valence-electron chi connectivity index (χ2n) is 8.86. The number of halogens is 1. The van der Waals surface area contributed by atoms with Crippen LogP contribution in [0.5, 0.6) is 0 Å². The first-order valence-electron chi connectivity index (χ1n) is 11.4. The van der Waals surface area contributed by atoms with Gasteiger partial charge in [0.1, 0.15) is 5.01 Å². The fourth-order valence-corrected chi connectivity index (χ4v) is 6.07. The fraction of sp³-hybridized carbons (Fsp3) is 0.385. The zero-order valence-electron chi connectivity index (χ0n) is 18.2. The van der Waals surface area contributed by atoms with Crippen molar-refractivity contribution in [2.75, 3.05) is 26.2 Å². The van der Waals surface area contributed by atoms with Crippen LogP contribution in [0.1, 0.15) is 36.3 Å². The molecule has 2 fully saturated rings. The van der Waals surface area contributed by atoms with E-state index < -0.39 is 0 Å². The summed E-state index contributed by atoms with van der Waals surface area (Å²) < 4.78 is 0. The predicted molar refractivity (Wildman–Crippen MR) is 131 cm³/mol. The number of amides is 1. The van der Waals surface area contributed by atoms with Gasteiger partial charge in [-0.2, -0.15) is 0 Å². The molecular weight excluding hydrogens is 438 g/mol. The minimum atomic E-state index is -0.368. The number of aromatic nitrogens is 1. The molecule has 2 aliphatic rings. The third kappa shape index (κ3) is 4.34. The van der Waals surface area contributed by atoms with E-state index in [0.717, 1.165) is 85.3 Å². The number of nitrogens with zero attached hydrogens (tertiary/aromatic N) is 3. The number of carbonyl (C=O) groups is 1. The monoisotopic (exact) mass is 465 g/mol. The number of hydrogen-bond donors (Lipinski definition) is 0. The summed E-state index contributed by atoms with van der Waals surface area (Å²) in [5.74, 6) is 0.303. The third-order valence-electron chi connectivity index (χ3n) is 6.90. The Labute approximate surface area is 198 Å². The highest BCUT2D eigenvalue weighted by molar-refractivity contribution is 7.09. The van der Waals surface area contributed by atoms with Gasteiger partial charge in [-0.25, -0.2) is 4.98 Å². The minimum absolute atomic E-state index is 0.303. The first kappa shape index (κ1) is 21.6. The molecule has 1 saturated carbocycles. The Morgan fingerprint density at radius 2 is 1.66 bits per heavy atom. The highest BCUT2D eigenvalue weighted by atomic mass is 35.5. The molecule has 1 aliphatic heterocycles. The van der Waals surface area contributed by atoms with Crippen molar-refractivity contribution in [1.29, 1.82) is 0 Å². The summed E-state index contributed by atoms with van der Waals surface area (Å²) in [6.45, 7) is 4.20. The van der Waals surface area contributed by atoms with Crippen molar-refractivity contribution in [3.63, 3.8) is 0 Å². The minimum Gasteiger partial charge on any atom is -0.339 e. The van der Waals surface area contributed by atoms with E-state index in [0.29, 0.717) is 5.91 Å². The van der Waals surface area contributed by atoms with Crippen LogP contribution in [0.25, 0.3) is 11.3 Å². The molecule has 0 N–H and O–H groups in total. The average Bonchev–Trinajstić information content (AvgIpc) is 3.51. The largest absolute Gasteiger partial charge is 0.339 e. The maximum Gasteiger partial charge on any atom is 0.233 e. The second kappa shape index (κ2) is 9.34. The molecule has 6 heteroatoms. The fourth-order valence-electron chi connectivity index (χ4n) is 5.10. The molecule has 4 nitrogen and oxygen atoms in total. The number of thiazole rings is 1. The molecule has 2 aromatic carbocycles. The Morgan fingerprint density at radius 1 is 0.969 bits per heavy atom. The molecule has 1 aromatic heterocycles. The molecule has 1 amide bonds. The van der Waals surface area contributed by atoms with Gasteiger partial charge in [0.2, 0.25) is 5.91 Å². The Kier molecular flexibility index (Phi) is 6.31. The molecule has 166 valence electrons. The van der Waals surface area contributed by atoms with Gasteiger partial charge >= 0.3 is 0 Å². The summed E-state index contributed by atoms with van der Waals surface area (Å²) >= 11 is 7.82. The van der Waals surface area contributed by atoms with E-state index >= 15 is 0 Å². The van der Waals surface area contributed by atoms with E-state index in [9.17, 15) is 4.79 Å². The highest BCUT2D eigenvalue weighted by Gasteiger charge is 2.45. The Balaban J connectivity index is 1.22. The zero-order valence-corrected chi connectivity index (χ0v) is 19.7. The van der Waals surface area contributed by atoms with Crippen LogP contribution in [0.2, 0.25) is 5.02 Å². The van der Waals surface area contributed by atoms with Gasteiger partial charge in [-0.05, 0) is 30.5 Å². The van der Waals surface area contributed by atoms with E-state index in [4.69, 9.17) is 16.6 Å². The van der Waals surface area contributed by atoms with E-state index in [-0.39, 0.29) is 5.41 Å². The summed E-state index contributed by atoms with van der Waals surface area (Å²) in [5.41, 5.74) is 2.97. The Bertz CT molecular complexity index is 1050. The molecule has 2 heterocycles. The third-order valence-corrected chi connectivity index (χ3v) is 7.99. The van der Waals surface area contributed by atoms with Crippen molar-refractivity contribution in [3.8, 4) is 11.3 Å². The SMILES string of the molecule is O=C(N1CCN(Cc2nc(-c3ccccc3)cs2)CC1)C1(c2ccc(Cl)cc2)CCCC1. The maximum atomic E-state index is 13.7. The van der Waals surface area contributed by atoms with Crippen LogP contribution < -0.4 is 0 Å². The summed E-state index contributed by atoms with van der Waals surface area (Å²) in [7, 11) is 0. The quantitative estimate of drug-likeness (QED) is 0.490. The van der Waals surface area contributed by atoms with Crippen molar-refractivity contribution in [2.24, 2.45) is 0 Å².